The molecule has 1 saturated heterocycles. The van der Waals surface area contributed by atoms with Crippen molar-refractivity contribution in [1.82, 2.24) is 4.90 Å². The summed E-state index contributed by atoms with van der Waals surface area (Å²) in [7, 11) is 1.49. The second kappa shape index (κ2) is 10.3. The maximum absolute atomic E-state index is 12.9. The number of nitro benzene ring substituents is 1. The SMILES string of the molecule is COc1ccc(Cl)cc1NC(=O)CCN1CCN(c2ccc(C(F)(F)F)cc2[N+](=O)[O-])CC1. The van der Waals surface area contributed by atoms with E-state index in [4.69, 9.17) is 16.3 Å². The molecule has 0 spiro atoms. The van der Waals surface area contributed by atoms with Crippen LogP contribution in [0.2, 0.25) is 5.02 Å². The van der Waals surface area contributed by atoms with Gasteiger partial charge in [-0.05, 0) is 30.3 Å². The average Bonchev–Trinajstić information content (AvgIpc) is 2.77. The van der Waals surface area contributed by atoms with Gasteiger partial charge in [-0.3, -0.25) is 19.8 Å². The Morgan fingerprint density at radius 2 is 1.88 bits per heavy atom. The topological polar surface area (TPSA) is 88.0 Å². The lowest BCUT2D eigenvalue weighted by molar-refractivity contribution is -0.384. The van der Waals surface area contributed by atoms with Crippen LogP contribution < -0.4 is 15.0 Å². The third-order valence-corrected chi connectivity index (χ3v) is 5.54. The lowest BCUT2D eigenvalue weighted by atomic mass is 10.1. The quantitative estimate of drug-likeness (QED) is 0.460. The summed E-state index contributed by atoms with van der Waals surface area (Å²) >= 11 is 5.96. The fraction of sp³-hybridized carbons (Fsp3) is 0.381. The number of ether oxygens (including phenoxy) is 1. The van der Waals surface area contributed by atoms with Gasteiger partial charge >= 0.3 is 6.18 Å². The standard InChI is InChI=1S/C21H22ClF3N4O4/c1-33-19-5-3-15(22)13-16(19)26-20(30)6-7-27-8-10-28(11-9-27)17-4-2-14(21(23,24)25)12-18(17)29(31)32/h2-5,12-13H,6-11H2,1H3,(H,26,30). The molecule has 0 unspecified atom stereocenters. The third-order valence-electron chi connectivity index (χ3n) is 5.30. The largest absolute Gasteiger partial charge is 0.495 e. The van der Waals surface area contributed by atoms with Crippen LogP contribution in [0.3, 0.4) is 0 Å². The highest BCUT2D eigenvalue weighted by Crippen LogP contribution is 2.36. The molecular weight excluding hydrogens is 465 g/mol. The van der Waals surface area contributed by atoms with Gasteiger partial charge in [-0.1, -0.05) is 11.6 Å². The highest BCUT2D eigenvalue weighted by atomic mass is 35.5. The number of halogens is 4. The molecule has 1 aliphatic heterocycles. The number of hydrogen-bond donors (Lipinski definition) is 1. The third kappa shape index (κ3) is 6.26. The molecule has 33 heavy (non-hydrogen) atoms. The molecule has 0 radical (unpaired) electrons. The second-order valence-corrected chi connectivity index (χ2v) is 7.87. The lowest BCUT2D eigenvalue weighted by Crippen LogP contribution is -2.47. The molecule has 1 amide bonds. The number of alkyl halides is 3. The second-order valence-electron chi connectivity index (χ2n) is 7.43. The molecule has 1 N–H and O–H groups in total. The van der Waals surface area contributed by atoms with Crippen molar-refractivity contribution in [3.05, 3.63) is 57.1 Å². The number of nitrogens with one attached hydrogen (secondary N) is 1. The molecule has 178 valence electrons. The number of nitrogens with zero attached hydrogens (tertiary/aromatic N) is 3. The maximum atomic E-state index is 12.9. The van der Waals surface area contributed by atoms with Crippen molar-refractivity contribution in [2.75, 3.05) is 50.1 Å². The molecule has 1 fully saturated rings. The molecular formula is C21H22ClF3N4O4. The molecule has 2 aromatic carbocycles. The Balaban J connectivity index is 1.56. The van der Waals surface area contributed by atoms with E-state index >= 15 is 0 Å². The van der Waals surface area contributed by atoms with Crippen LogP contribution in [0.5, 0.6) is 5.75 Å². The first-order chi connectivity index (χ1) is 15.6. The van der Waals surface area contributed by atoms with E-state index in [0.29, 0.717) is 55.2 Å². The molecule has 1 aliphatic rings. The zero-order valence-corrected chi connectivity index (χ0v) is 18.4. The van der Waals surface area contributed by atoms with Crippen LogP contribution in [0.25, 0.3) is 0 Å². The Labute approximate surface area is 193 Å². The van der Waals surface area contributed by atoms with Crippen LogP contribution in [0, 0.1) is 10.1 Å². The summed E-state index contributed by atoms with van der Waals surface area (Å²) in [4.78, 5) is 26.6. The fourth-order valence-electron chi connectivity index (χ4n) is 3.58. The van der Waals surface area contributed by atoms with Gasteiger partial charge in [0, 0.05) is 50.2 Å². The molecule has 1 heterocycles. The van der Waals surface area contributed by atoms with Crippen molar-refractivity contribution in [2.45, 2.75) is 12.6 Å². The van der Waals surface area contributed by atoms with Gasteiger partial charge in [0.1, 0.15) is 11.4 Å². The molecule has 0 bridgehead atoms. The molecule has 0 saturated carbocycles. The molecule has 3 rings (SSSR count). The summed E-state index contributed by atoms with van der Waals surface area (Å²) in [5.74, 6) is 0.260. The van der Waals surface area contributed by atoms with E-state index in [0.717, 1.165) is 12.1 Å². The summed E-state index contributed by atoms with van der Waals surface area (Å²) in [6.45, 7) is 2.24. The number of carbonyl (C=O) groups is 1. The number of rotatable bonds is 7. The number of amides is 1. The van der Waals surface area contributed by atoms with Gasteiger partial charge in [0.15, 0.2) is 0 Å². The van der Waals surface area contributed by atoms with Crippen LogP contribution in [0.4, 0.5) is 30.2 Å². The minimum absolute atomic E-state index is 0.151. The molecule has 0 atom stereocenters. The number of piperazine rings is 1. The maximum Gasteiger partial charge on any atom is 0.416 e. The Bertz CT molecular complexity index is 1030. The minimum Gasteiger partial charge on any atom is -0.495 e. The van der Waals surface area contributed by atoms with Gasteiger partial charge < -0.3 is 15.0 Å². The van der Waals surface area contributed by atoms with E-state index < -0.39 is 22.4 Å². The Hall–Kier alpha value is -3.05. The normalized spacial score (nSPS) is 14.8. The summed E-state index contributed by atoms with van der Waals surface area (Å²) in [6, 6.07) is 7.45. The average molecular weight is 487 g/mol. The Morgan fingerprint density at radius 1 is 1.18 bits per heavy atom. The van der Waals surface area contributed by atoms with E-state index in [9.17, 15) is 28.1 Å². The number of methoxy groups -OCH3 is 1. The first-order valence-corrected chi connectivity index (χ1v) is 10.4. The highest BCUT2D eigenvalue weighted by Gasteiger charge is 2.34. The van der Waals surface area contributed by atoms with Crippen molar-refractivity contribution in [2.24, 2.45) is 0 Å². The minimum atomic E-state index is -4.66. The summed E-state index contributed by atoms with van der Waals surface area (Å²) < 4.78 is 44.0. The van der Waals surface area contributed by atoms with Crippen molar-refractivity contribution in [3.8, 4) is 5.75 Å². The summed E-state index contributed by atoms with van der Waals surface area (Å²) in [6.07, 6.45) is -4.45. The van der Waals surface area contributed by atoms with E-state index in [-0.39, 0.29) is 18.0 Å². The van der Waals surface area contributed by atoms with Crippen molar-refractivity contribution >= 4 is 34.6 Å². The monoisotopic (exact) mass is 486 g/mol. The first kappa shape index (κ1) is 24.6. The fourth-order valence-corrected chi connectivity index (χ4v) is 3.75. The Morgan fingerprint density at radius 3 is 2.48 bits per heavy atom. The number of benzene rings is 2. The van der Waals surface area contributed by atoms with Gasteiger partial charge in [0.05, 0.1) is 23.3 Å². The molecule has 12 heteroatoms. The lowest BCUT2D eigenvalue weighted by Gasteiger charge is -2.35. The van der Waals surface area contributed by atoms with Gasteiger partial charge in [-0.25, -0.2) is 0 Å². The predicted octanol–water partition coefficient (Wildman–Crippen LogP) is 4.43. The highest BCUT2D eigenvalue weighted by molar-refractivity contribution is 6.31. The van der Waals surface area contributed by atoms with Crippen LogP contribution in [-0.2, 0) is 11.0 Å². The van der Waals surface area contributed by atoms with Crippen molar-refractivity contribution < 1.29 is 27.6 Å². The zero-order chi connectivity index (χ0) is 24.2. The summed E-state index contributed by atoms with van der Waals surface area (Å²) in [5.41, 5.74) is -1.01. The van der Waals surface area contributed by atoms with Gasteiger partial charge in [-0.15, -0.1) is 0 Å². The van der Waals surface area contributed by atoms with Crippen molar-refractivity contribution in [1.29, 1.82) is 0 Å². The van der Waals surface area contributed by atoms with E-state index in [1.807, 2.05) is 4.90 Å². The van der Waals surface area contributed by atoms with Gasteiger partial charge in [0.25, 0.3) is 5.69 Å². The summed E-state index contributed by atoms with van der Waals surface area (Å²) in [5, 5.41) is 14.6. The number of nitro groups is 1. The zero-order valence-electron chi connectivity index (χ0n) is 17.7. The number of carbonyl (C=O) groups excluding carboxylic acids is 1. The van der Waals surface area contributed by atoms with Crippen LogP contribution in [-0.4, -0.2) is 55.6 Å². The predicted molar refractivity (Wildman–Crippen MR) is 118 cm³/mol. The van der Waals surface area contributed by atoms with E-state index in [2.05, 4.69) is 5.32 Å². The van der Waals surface area contributed by atoms with Gasteiger partial charge in [-0.2, -0.15) is 13.2 Å². The Kier molecular flexibility index (Phi) is 7.65. The molecule has 0 aromatic heterocycles. The molecule has 0 aliphatic carbocycles. The van der Waals surface area contributed by atoms with Gasteiger partial charge in [0.2, 0.25) is 5.91 Å². The van der Waals surface area contributed by atoms with E-state index in [1.165, 1.54) is 7.11 Å². The number of anilines is 2. The van der Waals surface area contributed by atoms with Crippen LogP contribution in [0.15, 0.2) is 36.4 Å². The molecule has 8 nitrogen and oxygen atoms in total. The smallest absolute Gasteiger partial charge is 0.416 e. The van der Waals surface area contributed by atoms with Crippen LogP contribution in [0.1, 0.15) is 12.0 Å². The van der Waals surface area contributed by atoms with Crippen LogP contribution >= 0.6 is 11.6 Å². The first-order valence-electron chi connectivity index (χ1n) is 10.0. The number of hydrogen-bond acceptors (Lipinski definition) is 6. The van der Waals surface area contributed by atoms with Crippen molar-refractivity contribution in [3.63, 3.8) is 0 Å². The molecule has 2 aromatic rings. The van der Waals surface area contributed by atoms with E-state index in [1.54, 1.807) is 23.1 Å².